The van der Waals surface area contributed by atoms with Gasteiger partial charge in [-0.3, -0.25) is 9.59 Å². The Morgan fingerprint density at radius 1 is 1.15 bits per heavy atom. The Hall–Kier alpha value is -2.68. The van der Waals surface area contributed by atoms with E-state index in [0.717, 1.165) is 42.3 Å². The van der Waals surface area contributed by atoms with Gasteiger partial charge in [-0.25, -0.2) is 4.98 Å². The molecule has 8 nitrogen and oxygen atoms in total. The lowest BCUT2D eigenvalue weighted by atomic mass is 10.2. The molecule has 9 heteroatoms. The SMILES string of the molecule is O=C(NCCCN1CCCC1=O)c1cnc(NCc2ccc(Br)cc2)nc1NC1CCCC1. The maximum absolute atomic E-state index is 12.9. The van der Waals surface area contributed by atoms with Gasteiger partial charge in [0.25, 0.3) is 5.91 Å². The number of carbonyl (C=O) groups excluding carboxylic acids is 2. The predicted octanol–water partition coefficient (Wildman–Crippen LogP) is 3.95. The maximum atomic E-state index is 12.9. The second-order valence-electron chi connectivity index (χ2n) is 8.66. The highest BCUT2D eigenvalue weighted by Crippen LogP contribution is 2.24. The first-order valence-electron chi connectivity index (χ1n) is 11.8. The highest BCUT2D eigenvalue weighted by molar-refractivity contribution is 9.10. The normalized spacial score (nSPS) is 16.3. The molecule has 1 aromatic heterocycles. The molecule has 0 unspecified atom stereocenters. The van der Waals surface area contributed by atoms with Gasteiger partial charge in [0, 0.05) is 49.3 Å². The average molecular weight is 515 g/mol. The molecular formula is C24H31BrN6O2. The van der Waals surface area contributed by atoms with Gasteiger partial charge in [0.15, 0.2) is 0 Å². The molecule has 3 N–H and O–H groups in total. The van der Waals surface area contributed by atoms with Gasteiger partial charge in [0.2, 0.25) is 11.9 Å². The summed E-state index contributed by atoms with van der Waals surface area (Å²) >= 11 is 3.45. The zero-order valence-electron chi connectivity index (χ0n) is 18.8. The lowest BCUT2D eigenvalue weighted by Crippen LogP contribution is -2.31. The molecule has 0 radical (unpaired) electrons. The van der Waals surface area contributed by atoms with E-state index >= 15 is 0 Å². The number of hydrogen-bond acceptors (Lipinski definition) is 6. The molecule has 4 rings (SSSR count). The molecule has 1 aromatic carbocycles. The summed E-state index contributed by atoms with van der Waals surface area (Å²) in [6, 6.07) is 8.39. The monoisotopic (exact) mass is 514 g/mol. The molecule has 2 fully saturated rings. The Bertz CT molecular complexity index is 962. The van der Waals surface area contributed by atoms with Crippen molar-refractivity contribution in [1.29, 1.82) is 0 Å². The van der Waals surface area contributed by atoms with E-state index in [0.29, 0.717) is 49.4 Å². The van der Waals surface area contributed by atoms with Crippen LogP contribution >= 0.6 is 15.9 Å². The number of rotatable bonds is 10. The number of likely N-dealkylation sites (tertiary alicyclic amines) is 1. The van der Waals surface area contributed by atoms with Crippen molar-refractivity contribution in [3.8, 4) is 0 Å². The van der Waals surface area contributed by atoms with Crippen molar-refractivity contribution in [2.24, 2.45) is 0 Å². The Labute approximate surface area is 203 Å². The summed E-state index contributed by atoms with van der Waals surface area (Å²) in [5.41, 5.74) is 1.57. The topological polar surface area (TPSA) is 99.2 Å². The molecule has 33 heavy (non-hydrogen) atoms. The number of benzene rings is 1. The molecule has 176 valence electrons. The van der Waals surface area contributed by atoms with Gasteiger partial charge < -0.3 is 20.9 Å². The summed E-state index contributed by atoms with van der Waals surface area (Å²) in [7, 11) is 0. The second-order valence-corrected chi connectivity index (χ2v) is 9.57. The van der Waals surface area contributed by atoms with E-state index in [-0.39, 0.29) is 11.8 Å². The molecule has 1 aliphatic heterocycles. The minimum absolute atomic E-state index is 0.192. The Morgan fingerprint density at radius 3 is 2.67 bits per heavy atom. The van der Waals surface area contributed by atoms with Crippen LogP contribution in [0.25, 0.3) is 0 Å². The van der Waals surface area contributed by atoms with Crippen LogP contribution in [0, 0.1) is 0 Å². The predicted molar refractivity (Wildman–Crippen MR) is 132 cm³/mol. The van der Waals surface area contributed by atoms with E-state index in [4.69, 9.17) is 0 Å². The highest BCUT2D eigenvalue weighted by atomic mass is 79.9. The van der Waals surface area contributed by atoms with E-state index in [1.807, 2.05) is 29.2 Å². The number of nitrogens with zero attached hydrogens (tertiary/aromatic N) is 3. The molecule has 2 amide bonds. The number of aromatic nitrogens is 2. The van der Waals surface area contributed by atoms with Gasteiger partial charge in [-0.1, -0.05) is 40.9 Å². The fourth-order valence-electron chi connectivity index (χ4n) is 4.30. The first-order chi connectivity index (χ1) is 16.1. The minimum atomic E-state index is -0.192. The van der Waals surface area contributed by atoms with Crippen molar-refractivity contribution in [2.45, 2.75) is 57.5 Å². The Kier molecular flexibility index (Phi) is 8.15. The first-order valence-corrected chi connectivity index (χ1v) is 12.6. The molecule has 2 heterocycles. The van der Waals surface area contributed by atoms with Crippen molar-refractivity contribution < 1.29 is 9.59 Å². The van der Waals surface area contributed by atoms with Crippen molar-refractivity contribution in [1.82, 2.24) is 20.2 Å². The van der Waals surface area contributed by atoms with Crippen LogP contribution in [-0.4, -0.2) is 52.4 Å². The van der Waals surface area contributed by atoms with Crippen molar-refractivity contribution in [3.05, 3.63) is 46.1 Å². The molecule has 2 aliphatic rings. The molecule has 2 aromatic rings. The minimum Gasteiger partial charge on any atom is -0.367 e. The van der Waals surface area contributed by atoms with E-state index < -0.39 is 0 Å². The first kappa shape index (κ1) is 23.5. The summed E-state index contributed by atoms with van der Waals surface area (Å²) in [6.07, 6.45) is 8.43. The van der Waals surface area contributed by atoms with Crippen molar-refractivity contribution >= 4 is 39.5 Å². The van der Waals surface area contributed by atoms with Gasteiger partial charge in [0.1, 0.15) is 11.4 Å². The second kappa shape index (κ2) is 11.4. The summed E-state index contributed by atoms with van der Waals surface area (Å²) in [5.74, 6) is 1.08. The molecular weight excluding hydrogens is 484 g/mol. The smallest absolute Gasteiger partial charge is 0.256 e. The van der Waals surface area contributed by atoms with E-state index in [9.17, 15) is 9.59 Å². The molecule has 0 bridgehead atoms. The standard InChI is InChI=1S/C24H31BrN6O2/c25-18-10-8-17(9-11-18)15-27-24-28-16-20(22(30-24)29-19-5-1-2-6-19)23(33)26-12-4-14-31-13-3-7-21(31)32/h8-11,16,19H,1-7,12-15H2,(H,26,33)(H2,27,28,29,30). The number of amides is 2. The maximum Gasteiger partial charge on any atom is 0.256 e. The number of anilines is 2. The van der Waals surface area contributed by atoms with Crippen LogP contribution in [0.3, 0.4) is 0 Å². The van der Waals surface area contributed by atoms with Gasteiger partial charge in [-0.15, -0.1) is 0 Å². The molecule has 0 spiro atoms. The number of nitrogens with one attached hydrogen (secondary N) is 3. The van der Waals surface area contributed by atoms with Crippen LogP contribution in [0.5, 0.6) is 0 Å². The number of halogens is 1. The van der Waals surface area contributed by atoms with Crippen LogP contribution in [0.1, 0.15) is 60.9 Å². The zero-order valence-corrected chi connectivity index (χ0v) is 20.4. The van der Waals surface area contributed by atoms with Crippen LogP contribution < -0.4 is 16.0 Å². The third-order valence-electron chi connectivity index (χ3n) is 6.16. The van der Waals surface area contributed by atoms with Crippen LogP contribution in [0.2, 0.25) is 0 Å². The van der Waals surface area contributed by atoms with Gasteiger partial charge in [-0.05, 0) is 43.4 Å². The number of hydrogen-bond donors (Lipinski definition) is 3. The Balaban J connectivity index is 1.37. The Morgan fingerprint density at radius 2 is 1.94 bits per heavy atom. The summed E-state index contributed by atoms with van der Waals surface area (Å²) < 4.78 is 1.04. The lowest BCUT2D eigenvalue weighted by Gasteiger charge is -2.18. The van der Waals surface area contributed by atoms with Gasteiger partial charge in [-0.2, -0.15) is 4.98 Å². The molecule has 1 saturated carbocycles. The molecule has 1 saturated heterocycles. The van der Waals surface area contributed by atoms with Gasteiger partial charge in [0.05, 0.1) is 0 Å². The van der Waals surface area contributed by atoms with E-state index in [1.54, 1.807) is 6.20 Å². The number of carbonyl (C=O) groups is 2. The van der Waals surface area contributed by atoms with Gasteiger partial charge >= 0.3 is 0 Å². The molecule has 0 atom stereocenters. The lowest BCUT2D eigenvalue weighted by molar-refractivity contribution is -0.127. The summed E-state index contributed by atoms with van der Waals surface area (Å²) in [6.45, 7) is 2.61. The fraction of sp³-hybridized carbons (Fsp3) is 0.500. The van der Waals surface area contributed by atoms with Crippen molar-refractivity contribution in [3.63, 3.8) is 0 Å². The third kappa shape index (κ3) is 6.66. The third-order valence-corrected chi connectivity index (χ3v) is 6.68. The van der Waals surface area contributed by atoms with Crippen LogP contribution in [0.15, 0.2) is 34.9 Å². The fourth-order valence-corrected chi connectivity index (χ4v) is 4.56. The zero-order chi connectivity index (χ0) is 23.0. The molecule has 1 aliphatic carbocycles. The highest BCUT2D eigenvalue weighted by Gasteiger charge is 2.21. The average Bonchev–Trinajstić information content (AvgIpc) is 3.48. The van der Waals surface area contributed by atoms with E-state index in [2.05, 4.69) is 41.8 Å². The summed E-state index contributed by atoms with van der Waals surface area (Å²) in [4.78, 5) is 35.5. The van der Waals surface area contributed by atoms with Crippen LogP contribution in [-0.2, 0) is 11.3 Å². The quantitative estimate of drug-likeness (QED) is 0.415. The van der Waals surface area contributed by atoms with E-state index in [1.165, 1.54) is 12.8 Å². The largest absolute Gasteiger partial charge is 0.367 e. The summed E-state index contributed by atoms with van der Waals surface area (Å²) in [5, 5.41) is 9.68. The van der Waals surface area contributed by atoms with Crippen LogP contribution in [0.4, 0.5) is 11.8 Å². The van der Waals surface area contributed by atoms with Crippen molar-refractivity contribution in [2.75, 3.05) is 30.3 Å².